The minimum Gasteiger partial charge on any atom is -0.436 e. The molecule has 0 amide bonds. The normalized spacial score (nSPS) is 11.5. The van der Waals surface area contributed by atoms with Gasteiger partial charge in [-0.25, -0.2) is 18.4 Å². The maximum atomic E-state index is 13.1. The second-order valence-corrected chi connectivity index (χ2v) is 9.65. The molecule has 0 radical (unpaired) electrons. The van der Waals surface area contributed by atoms with Crippen LogP contribution in [0.5, 0.6) is 11.6 Å². The molecule has 0 bridgehead atoms. The van der Waals surface area contributed by atoms with E-state index < -0.39 is 9.84 Å². The quantitative estimate of drug-likeness (QED) is 0.346. The predicted molar refractivity (Wildman–Crippen MR) is 123 cm³/mol. The number of benzene rings is 3. The van der Waals surface area contributed by atoms with Crippen LogP contribution in [-0.4, -0.2) is 24.2 Å². The lowest BCUT2D eigenvalue weighted by Gasteiger charge is -2.15. The van der Waals surface area contributed by atoms with E-state index in [1.807, 2.05) is 25.1 Å². The molecule has 8 heteroatoms. The van der Waals surface area contributed by atoms with Gasteiger partial charge in [-0.05, 0) is 35.6 Å². The second-order valence-electron chi connectivity index (χ2n) is 7.28. The molecule has 0 aliphatic heterocycles. The molecule has 32 heavy (non-hydrogen) atoms. The number of ether oxygens (including phenoxy) is 1. The molecule has 0 aliphatic carbocycles. The van der Waals surface area contributed by atoms with Crippen LogP contribution in [0.2, 0.25) is 5.02 Å². The minimum atomic E-state index is -3.68. The zero-order chi connectivity index (χ0) is 22.9. The van der Waals surface area contributed by atoms with Crippen LogP contribution in [-0.2, 0) is 15.6 Å². The Labute approximate surface area is 190 Å². The molecular weight excluding hydrogens is 448 g/mol. The summed E-state index contributed by atoms with van der Waals surface area (Å²) in [4.78, 5) is 20.2. The largest absolute Gasteiger partial charge is 0.436 e. The topological polar surface area (TPSA) is 86.2 Å². The number of rotatable bonds is 6. The van der Waals surface area contributed by atoms with Gasteiger partial charge in [-0.2, -0.15) is 0 Å². The lowest BCUT2D eigenvalue weighted by atomic mass is 10.0. The summed E-state index contributed by atoms with van der Waals surface area (Å²) in [6.45, 7) is 3.26. The first kappa shape index (κ1) is 21.9. The number of halogens is 1. The van der Waals surface area contributed by atoms with E-state index in [4.69, 9.17) is 16.3 Å². The van der Waals surface area contributed by atoms with E-state index >= 15 is 0 Å². The zero-order valence-electron chi connectivity index (χ0n) is 17.4. The Balaban J connectivity index is 1.81. The van der Waals surface area contributed by atoms with Crippen molar-refractivity contribution in [3.05, 3.63) is 88.8 Å². The molecule has 0 fully saturated rings. The lowest BCUT2D eigenvalue weighted by molar-refractivity contribution is 0.101. The molecule has 0 N–H and O–H groups in total. The van der Waals surface area contributed by atoms with E-state index in [1.54, 1.807) is 30.3 Å². The molecule has 1 heterocycles. The third-order valence-corrected chi connectivity index (χ3v) is 7.17. The number of ketones is 1. The molecule has 1 aromatic heterocycles. The molecule has 0 atom stereocenters. The molecule has 4 aromatic rings. The molecule has 0 saturated carbocycles. The third-order valence-electron chi connectivity index (χ3n) is 5.01. The van der Waals surface area contributed by atoms with Crippen molar-refractivity contribution in [3.63, 3.8) is 0 Å². The third kappa shape index (κ3) is 4.22. The average Bonchev–Trinajstić information content (AvgIpc) is 2.76. The number of Topliss-reactive ketones (excluding diaryl/α,β-unsaturated/α-hetero) is 1. The standard InChI is InChI=1S/C24H19ClN2O4S/c1-15-10-11-18-17(14-32(29,30)21-9-4-3-8-20(21)25)6-5-7-19(18)23(15)31-24-22(16(2)28)26-12-13-27-24/h3-13H,14H2,1-2H3. The minimum absolute atomic E-state index is 0.0907. The molecule has 6 nitrogen and oxygen atoms in total. The van der Waals surface area contributed by atoms with Gasteiger partial charge in [0.15, 0.2) is 21.3 Å². The molecule has 4 rings (SSSR count). The Morgan fingerprint density at radius 2 is 1.72 bits per heavy atom. The Bertz CT molecular complexity index is 1450. The van der Waals surface area contributed by atoms with Gasteiger partial charge in [-0.15, -0.1) is 0 Å². The van der Waals surface area contributed by atoms with Gasteiger partial charge in [-0.1, -0.05) is 54.1 Å². The fraction of sp³-hybridized carbons (Fsp3) is 0.125. The highest BCUT2D eigenvalue weighted by Crippen LogP contribution is 2.36. The molecular formula is C24H19ClN2O4S. The molecule has 0 aliphatic rings. The van der Waals surface area contributed by atoms with Crippen LogP contribution < -0.4 is 4.74 Å². The fourth-order valence-electron chi connectivity index (χ4n) is 3.48. The summed E-state index contributed by atoms with van der Waals surface area (Å²) in [5, 5.41) is 1.61. The summed E-state index contributed by atoms with van der Waals surface area (Å²) >= 11 is 6.13. The first-order valence-corrected chi connectivity index (χ1v) is 11.8. The summed E-state index contributed by atoms with van der Waals surface area (Å²) < 4.78 is 32.2. The molecule has 3 aromatic carbocycles. The van der Waals surface area contributed by atoms with Crippen molar-refractivity contribution in [1.82, 2.24) is 9.97 Å². The van der Waals surface area contributed by atoms with Crippen molar-refractivity contribution in [3.8, 4) is 11.6 Å². The Kier molecular flexibility index (Phi) is 5.95. The van der Waals surface area contributed by atoms with E-state index in [-0.39, 0.29) is 33.0 Å². The van der Waals surface area contributed by atoms with Crippen molar-refractivity contribution in [1.29, 1.82) is 0 Å². The highest BCUT2D eigenvalue weighted by molar-refractivity contribution is 7.90. The van der Waals surface area contributed by atoms with Gasteiger partial charge in [0.25, 0.3) is 0 Å². The van der Waals surface area contributed by atoms with Crippen molar-refractivity contribution in [2.24, 2.45) is 0 Å². The van der Waals surface area contributed by atoms with E-state index in [0.29, 0.717) is 16.7 Å². The van der Waals surface area contributed by atoms with E-state index in [0.717, 1.165) is 10.9 Å². The monoisotopic (exact) mass is 466 g/mol. The van der Waals surface area contributed by atoms with Crippen LogP contribution in [0.1, 0.15) is 28.5 Å². The number of nitrogens with zero attached hydrogens (tertiary/aromatic N) is 2. The SMILES string of the molecule is CC(=O)c1nccnc1Oc1c(C)ccc2c(CS(=O)(=O)c3ccccc3Cl)cccc12. The van der Waals surface area contributed by atoms with Gasteiger partial charge in [-0.3, -0.25) is 4.79 Å². The summed E-state index contributed by atoms with van der Waals surface area (Å²) in [5.41, 5.74) is 1.54. The van der Waals surface area contributed by atoms with Crippen LogP contribution in [0.15, 0.2) is 71.9 Å². The van der Waals surface area contributed by atoms with Crippen molar-refractivity contribution >= 4 is 38.0 Å². The molecule has 0 saturated heterocycles. The average molecular weight is 467 g/mol. The first-order chi connectivity index (χ1) is 15.3. The van der Waals surface area contributed by atoms with E-state index in [1.165, 1.54) is 25.4 Å². The van der Waals surface area contributed by atoms with Crippen LogP contribution in [0.3, 0.4) is 0 Å². The van der Waals surface area contributed by atoms with Crippen LogP contribution in [0, 0.1) is 6.92 Å². The number of fused-ring (bicyclic) bond motifs is 1. The van der Waals surface area contributed by atoms with Gasteiger partial charge in [0.1, 0.15) is 5.75 Å². The Morgan fingerprint density at radius 3 is 2.47 bits per heavy atom. The van der Waals surface area contributed by atoms with Gasteiger partial charge in [0.05, 0.1) is 15.7 Å². The maximum Gasteiger partial charge on any atom is 0.249 e. The van der Waals surface area contributed by atoms with E-state index in [9.17, 15) is 13.2 Å². The van der Waals surface area contributed by atoms with Gasteiger partial charge < -0.3 is 4.74 Å². The van der Waals surface area contributed by atoms with Crippen molar-refractivity contribution in [2.45, 2.75) is 24.5 Å². The highest BCUT2D eigenvalue weighted by atomic mass is 35.5. The fourth-order valence-corrected chi connectivity index (χ4v) is 5.44. The van der Waals surface area contributed by atoms with Crippen molar-refractivity contribution in [2.75, 3.05) is 0 Å². The zero-order valence-corrected chi connectivity index (χ0v) is 18.9. The maximum absolute atomic E-state index is 13.1. The summed E-state index contributed by atoms with van der Waals surface area (Å²) in [6.07, 6.45) is 2.88. The summed E-state index contributed by atoms with van der Waals surface area (Å²) in [7, 11) is -3.68. The molecule has 162 valence electrons. The number of hydrogen-bond donors (Lipinski definition) is 0. The van der Waals surface area contributed by atoms with Gasteiger partial charge in [0, 0.05) is 24.7 Å². The van der Waals surface area contributed by atoms with Gasteiger partial charge in [0.2, 0.25) is 5.88 Å². The van der Waals surface area contributed by atoms with Crippen LogP contribution in [0.4, 0.5) is 0 Å². The first-order valence-electron chi connectivity index (χ1n) is 9.76. The Hall–Kier alpha value is -3.29. The highest BCUT2D eigenvalue weighted by Gasteiger charge is 2.21. The molecule has 0 unspecified atom stereocenters. The number of sulfone groups is 1. The Morgan fingerprint density at radius 1 is 0.969 bits per heavy atom. The van der Waals surface area contributed by atoms with E-state index in [2.05, 4.69) is 9.97 Å². The van der Waals surface area contributed by atoms with Crippen LogP contribution >= 0.6 is 11.6 Å². The molecule has 0 spiro atoms. The van der Waals surface area contributed by atoms with Crippen molar-refractivity contribution < 1.29 is 17.9 Å². The smallest absolute Gasteiger partial charge is 0.249 e. The van der Waals surface area contributed by atoms with Crippen LogP contribution in [0.25, 0.3) is 10.8 Å². The lowest BCUT2D eigenvalue weighted by Crippen LogP contribution is -2.06. The number of aryl methyl sites for hydroxylation is 1. The number of aromatic nitrogens is 2. The number of carbonyl (C=O) groups is 1. The summed E-state index contributed by atoms with van der Waals surface area (Å²) in [6, 6.07) is 15.5. The number of carbonyl (C=O) groups excluding carboxylic acids is 1. The van der Waals surface area contributed by atoms with Gasteiger partial charge >= 0.3 is 0 Å². The predicted octanol–water partition coefficient (Wildman–Crippen LogP) is 5.56. The summed E-state index contributed by atoms with van der Waals surface area (Å²) in [5.74, 6) is 0.102. The number of hydrogen-bond acceptors (Lipinski definition) is 6. The second kappa shape index (κ2) is 8.68.